The number of carbonyl (C=O) groups is 2. The molecule has 0 aromatic heterocycles. The first-order chi connectivity index (χ1) is 13.9. The van der Waals surface area contributed by atoms with Gasteiger partial charge in [-0.25, -0.2) is 0 Å². The number of hydrogen-bond donors (Lipinski definition) is 2. The van der Waals surface area contributed by atoms with Gasteiger partial charge in [0.1, 0.15) is 11.5 Å². The van der Waals surface area contributed by atoms with E-state index in [9.17, 15) is 9.59 Å². The molecule has 150 valence electrons. The van der Waals surface area contributed by atoms with Crippen LogP contribution in [0.4, 0.5) is 0 Å². The van der Waals surface area contributed by atoms with E-state index in [2.05, 4.69) is 42.7 Å². The Hall–Kier alpha value is -2.29. The number of amides is 2. The highest BCUT2D eigenvalue weighted by molar-refractivity contribution is 9.11. The molecule has 0 aliphatic rings. The fourth-order valence-electron chi connectivity index (χ4n) is 2.42. The number of nitrogens with one attached hydrogen (secondary N) is 2. The molecule has 0 radical (unpaired) electrons. The average Bonchev–Trinajstić information content (AvgIpc) is 2.71. The molecule has 0 unspecified atom stereocenters. The van der Waals surface area contributed by atoms with Crippen molar-refractivity contribution in [1.82, 2.24) is 10.9 Å². The van der Waals surface area contributed by atoms with Crippen LogP contribution in [0.3, 0.4) is 0 Å². The van der Waals surface area contributed by atoms with Gasteiger partial charge in [-0.15, -0.1) is 0 Å². The summed E-state index contributed by atoms with van der Waals surface area (Å²) >= 11 is 12.6. The predicted octanol–water partition coefficient (Wildman–Crippen LogP) is 4.62. The van der Waals surface area contributed by atoms with Gasteiger partial charge in [0, 0.05) is 5.02 Å². The largest absolute Gasteiger partial charge is 0.483 e. The molecular formula is C20H15Br2ClN2O4. The Morgan fingerprint density at radius 1 is 0.862 bits per heavy atom. The number of hydrazine groups is 1. The second kappa shape index (κ2) is 9.96. The summed E-state index contributed by atoms with van der Waals surface area (Å²) in [5.41, 5.74) is 4.55. The number of ether oxygens (including phenoxy) is 2. The zero-order valence-corrected chi connectivity index (χ0v) is 18.8. The van der Waals surface area contributed by atoms with Crippen LogP contribution >= 0.6 is 43.5 Å². The summed E-state index contributed by atoms with van der Waals surface area (Å²) in [7, 11) is 0. The first kappa shape index (κ1) is 21.4. The monoisotopic (exact) mass is 540 g/mol. The third-order valence-electron chi connectivity index (χ3n) is 3.78. The Labute approximate surface area is 188 Å². The summed E-state index contributed by atoms with van der Waals surface area (Å²) in [6, 6.07) is 16.4. The van der Waals surface area contributed by atoms with Gasteiger partial charge < -0.3 is 9.47 Å². The lowest BCUT2D eigenvalue weighted by Gasteiger charge is -2.12. The summed E-state index contributed by atoms with van der Waals surface area (Å²) in [5.74, 6) is -0.0420. The number of halogens is 3. The lowest BCUT2D eigenvalue weighted by molar-refractivity contribution is -0.131. The van der Waals surface area contributed by atoms with E-state index >= 15 is 0 Å². The molecule has 3 aromatic rings. The van der Waals surface area contributed by atoms with Crippen molar-refractivity contribution in [2.45, 2.75) is 0 Å². The average molecular weight is 543 g/mol. The minimum atomic E-state index is -0.521. The second-order valence-electron chi connectivity index (χ2n) is 5.85. The Morgan fingerprint density at radius 3 is 2.17 bits per heavy atom. The van der Waals surface area contributed by atoms with Gasteiger partial charge in [-0.05, 0) is 66.9 Å². The SMILES string of the molecule is O=C(COc1ccc(Cl)cc1Br)NNC(=O)COc1ccc2ccccc2c1Br. The fourth-order valence-corrected chi connectivity index (χ4v) is 3.82. The van der Waals surface area contributed by atoms with E-state index in [0.29, 0.717) is 21.0 Å². The van der Waals surface area contributed by atoms with E-state index in [1.807, 2.05) is 30.3 Å². The first-order valence-corrected chi connectivity index (χ1v) is 10.4. The molecule has 0 saturated carbocycles. The van der Waals surface area contributed by atoms with Crippen LogP contribution in [0, 0.1) is 0 Å². The van der Waals surface area contributed by atoms with Crippen molar-refractivity contribution in [1.29, 1.82) is 0 Å². The van der Waals surface area contributed by atoms with E-state index in [0.717, 1.165) is 15.2 Å². The van der Waals surface area contributed by atoms with Crippen molar-refractivity contribution < 1.29 is 19.1 Å². The van der Waals surface area contributed by atoms with Crippen molar-refractivity contribution in [3.05, 3.63) is 68.6 Å². The summed E-state index contributed by atoms with van der Waals surface area (Å²) in [6.45, 7) is -0.543. The maximum absolute atomic E-state index is 11.9. The van der Waals surface area contributed by atoms with Gasteiger partial charge in [0.15, 0.2) is 13.2 Å². The molecule has 29 heavy (non-hydrogen) atoms. The second-order valence-corrected chi connectivity index (χ2v) is 7.93. The number of carbonyl (C=O) groups excluding carboxylic acids is 2. The highest BCUT2D eigenvalue weighted by Crippen LogP contribution is 2.33. The summed E-state index contributed by atoms with van der Waals surface area (Å²) in [6.07, 6.45) is 0. The standard InChI is InChI=1S/C20H15Br2ClN2O4/c21-15-9-13(23)6-8-16(15)28-10-18(26)24-25-19(27)11-29-17-7-5-12-3-1-2-4-14(12)20(17)22/h1-9H,10-11H2,(H,24,26)(H,25,27). The summed E-state index contributed by atoms with van der Waals surface area (Å²) < 4.78 is 12.3. The molecule has 0 heterocycles. The van der Waals surface area contributed by atoms with E-state index in [4.69, 9.17) is 21.1 Å². The highest BCUT2D eigenvalue weighted by atomic mass is 79.9. The van der Waals surface area contributed by atoms with Crippen LogP contribution in [-0.2, 0) is 9.59 Å². The third-order valence-corrected chi connectivity index (χ3v) is 5.45. The lowest BCUT2D eigenvalue weighted by atomic mass is 10.1. The smallest absolute Gasteiger partial charge is 0.276 e. The molecule has 0 bridgehead atoms. The van der Waals surface area contributed by atoms with Crippen molar-refractivity contribution >= 4 is 66.0 Å². The number of fused-ring (bicyclic) bond motifs is 1. The molecule has 2 N–H and O–H groups in total. The van der Waals surface area contributed by atoms with Crippen LogP contribution in [0.25, 0.3) is 10.8 Å². The van der Waals surface area contributed by atoms with Crippen LogP contribution in [0.2, 0.25) is 5.02 Å². The van der Waals surface area contributed by atoms with Gasteiger partial charge in [0.2, 0.25) is 0 Å². The van der Waals surface area contributed by atoms with E-state index in [1.165, 1.54) is 0 Å². The maximum Gasteiger partial charge on any atom is 0.276 e. The summed E-state index contributed by atoms with van der Waals surface area (Å²) in [4.78, 5) is 23.8. The zero-order chi connectivity index (χ0) is 20.8. The third kappa shape index (κ3) is 5.85. The molecule has 0 saturated heterocycles. The molecule has 0 spiro atoms. The Bertz CT molecular complexity index is 1060. The quantitative estimate of drug-likeness (QED) is 0.446. The minimum absolute atomic E-state index is 0.263. The van der Waals surface area contributed by atoms with E-state index in [-0.39, 0.29) is 13.2 Å². The Balaban J connectivity index is 1.45. The Morgan fingerprint density at radius 2 is 1.48 bits per heavy atom. The summed E-state index contributed by atoms with van der Waals surface area (Å²) in [5, 5.41) is 2.57. The van der Waals surface area contributed by atoms with E-state index < -0.39 is 11.8 Å². The molecule has 0 fully saturated rings. The molecule has 3 aromatic carbocycles. The molecular weight excluding hydrogens is 527 g/mol. The highest BCUT2D eigenvalue weighted by Gasteiger charge is 2.10. The molecule has 9 heteroatoms. The lowest BCUT2D eigenvalue weighted by Crippen LogP contribution is -2.45. The first-order valence-electron chi connectivity index (χ1n) is 8.39. The molecule has 2 amide bonds. The van der Waals surface area contributed by atoms with Gasteiger partial charge in [0.25, 0.3) is 11.8 Å². The van der Waals surface area contributed by atoms with Crippen LogP contribution in [-0.4, -0.2) is 25.0 Å². The van der Waals surface area contributed by atoms with Crippen LogP contribution in [0.5, 0.6) is 11.5 Å². The van der Waals surface area contributed by atoms with Crippen LogP contribution in [0.1, 0.15) is 0 Å². The van der Waals surface area contributed by atoms with Crippen LogP contribution in [0.15, 0.2) is 63.5 Å². The van der Waals surface area contributed by atoms with Crippen LogP contribution < -0.4 is 20.3 Å². The minimum Gasteiger partial charge on any atom is -0.483 e. The van der Waals surface area contributed by atoms with Gasteiger partial charge in [-0.3, -0.25) is 20.4 Å². The zero-order valence-electron chi connectivity index (χ0n) is 14.9. The molecule has 3 rings (SSSR count). The van der Waals surface area contributed by atoms with Gasteiger partial charge in [0.05, 0.1) is 8.95 Å². The fraction of sp³-hybridized carbons (Fsp3) is 0.100. The molecule has 6 nitrogen and oxygen atoms in total. The van der Waals surface area contributed by atoms with Gasteiger partial charge in [-0.1, -0.05) is 41.9 Å². The van der Waals surface area contributed by atoms with Crippen molar-refractivity contribution in [2.24, 2.45) is 0 Å². The molecule has 0 aliphatic carbocycles. The maximum atomic E-state index is 11.9. The molecule has 0 atom stereocenters. The predicted molar refractivity (Wildman–Crippen MR) is 118 cm³/mol. The van der Waals surface area contributed by atoms with E-state index in [1.54, 1.807) is 24.3 Å². The Kier molecular flexibility index (Phi) is 7.35. The number of hydrogen-bond acceptors (Lipinski definition) is 4. The van der Waals surface area contributed by atoms with Crippen molar-refractivity contribution in [3.63, 3.8) is 0 Å². The van der Waals surface area contributed by atoms with Gasteiger partial charge >= 0.3 is 0 Å². The van der Waals surface area contributed by atoms with Crippen molar-refractivity contribution in [2.75, 3.05) is 13.2 Å². The van der Waals surface area contributed by atoms with Crippen molar-refractivity contribution in [3.8, 4) is 11.5 Å². The number of rotatable bonds is 6. The van der Waals surface area contributed by atoms with Gasteiger partial charge in [-0.2, -0.15) is 0 Å². The number of benzene rings is 3. The molecule has 0 aliphatic heterocycles. The normalized spacial score (nSPS) is 10.4. The topological polar surface area (TPSA) is 76.7 Å².